The van der Waals surface area contributed by atoms with Crippen molar-refractivity contribution in [3.8, 4) is 0 Å². The number of rotatable bonds is 2. The van der Waals surface area contributed by atoms with Crippen LogP contribution in [0.25, 0.3) is 0 Å². The standard InChI is InChI=1S/C18H12FN5/c19-14-3-4-16-15(10-14)17(13-2-1-7-21-11-13)23-24-18(22-16)12-5-8-20-9-6-12/h1-11H,(H,22,24). The quantitative estimate of drug-likeness (QED) is 0.790. The van der Waals surface area contributed by atoms with E-state index in [2.05, 4.69) is 25.5 Å². The van der Waals surface area contributed by atoms with Crippen molar-refractivity contribution in [2.75, 3.05) is 0 Å². The maximum absolute atomic E-state index is 13.8. The Labute approximate surface area is 137 Å². The fraction of sp³-hybridized carbons (Fsp3) is 0. The molecule has 0 unspecified atom stereocenters. The molecular formula is C18H12FN5. The number of halogens is 1. The van der Waals surface area contributed by atoms with Crippen LogP contribution >= 0.6 is 0 Å². The molecule has 1 aliphatic rings. The van der Waals surface area contributed by atoms with Gasteiger partial charge < -0.3 is 0 Å². The van der Waals surface area contributed by atoms with Crippen LogP contribution in [0.15, 0.2) is 77.3 Å². The lowest BCUT2D eigenvalue weighted by Gasteiger charge is -2.07. The third-order valence-electron chi connectivity index (χ3n) is 3.61. The van der Waals surface area contributed by atoms with E-state index < -0.39 is 0 Å². The van der Waals surface area contributed by atoms with Crippen molar-refractivity contribution in [1.29, 1.82) is 0 Å². The molecular weight excluding hydrogens is 305 g/mol. The number of amidine groups is 1. The second kappa shape index (κ2) is 6.00. The number of hydrogen-bond acceptors (Lipinski definition) is 5. The summed E-state index contributed by atoms with van der Waals surface area (Å²) < 4.78 is 13.8. The van der Waals surface area contributed by atoms with Crippen LogP contribution in [0.3, 0.4) is 0 Å². The highest BCUT2D eigenvalue weighted by Crippen LogP contribution is 2.26. The number of pyridine rings is 2. The summed E-state index contributed by atoms with van der Waals surface area (Å²) in [5.41, 5.74) is 6.43. The fourth-order valence-corrected chi connectivity index (χ4v) is 2.47. The predicted molar refractivity (Wildman–Crippen MR) is 89.8 cm³/mol. The first-order chi connectivity index (χ1) is 11.8. The minimum atomic E-state index is -0.340. The van der Waals surface area contributed by atoms with Crippen molar-refractivity contribution in [3.63, 3.8) is 0 Å². The second-order valence-corrected chi connectivity index (χ2v) is 5.17. The molecule has 0 radical (unpaired) electrons. The molecule has 1 aromatic carbocycles. The molecule has 24 heavy (non-hydrogen) atoms. The Balaban J connectivity index is 1.89. The Hall–Kier alpha value is -3.41. The van der Waals surface area contributed by atoms with Crippen LogP contribution in [-0.2, 0) is 0 Å². The largest absolute Gasteiger partial charge is 0.265 e. The lowest BCUT2D eigenvalue weighted by atomic mass is 10.0. The van der Waals surface area contributed by atoms with Gasteiger partial charge in [0, 0.05) is 41.5 Å². The number of nitrogens with one attached hydrogen (secondary N) is 1. The molecule has 3 aromatic rings. The first-order valence-corrected chi connectivity index (χ1v) is 7.34. The molecule has 6 heteroatoms. The highest BCUT2D eigenvalue weighted by atomic mass is 19.1. The lowest BCUT2D eigenvalue weighted by Crippen LogP contribution is -2.19. The highest BCUT2D eigenvalue weighted by Gasteiger charge is 2.18. The Morgan fingerprint density at radius 3 is 2.54 bits per heavy atom. The van der Waals surface area contributed by atoms with E-state index in [0.29, 0.717) is 22.8 Å². The average Bonchev–Trinajstić information content (AvgIpc) is 2.82. The van der Waals surface area contributed by atoms with Gasteiger partial charge in [-0.25, -0.2) is 9.38 Å². The molecule has 4 rings (SSSR count). The van der Waals surface area contributed by atoms with Gasteiger partial charge in [0.2, 0.25) is 0 Å². The molecule has 1 aliphatic heterocycles. The van der Waals surface area contributed by atoms with Gasteiger partial charge in [-0.2, -0.15) is 5.10 Å². The molecule has 3 heterocycles. The van der Waals surface area contributed by atoms with Crippen molar-refractivity contribution < 1.29 is 4.39 Å². The minimum absolute atomic E-state index is 0.340. The van der Waals surface area contributed by atoms with Gasteiger partial charge >= 0.3 is 0 Å². The number of aromatic nitrogens is 2. The summed E-state index contributed by atoms with van der Waals surface area (Å²) in [5.74, 6) is 0.233. The molecule has 1 N–H and O–H groups in total. The molecule has 2 aromatic heterocycles. The van der Waals surface area contributed by atoms with E-state index in [9.17, 15) is 4.39 Å². The van der Waals surface area contributed by atoms with Crippen LogP contribution in [0.5, 0.6) is 0 Å². The Morgan fingerprint density at radius 2 is 1.75 bits per heavy atom. The zero-order chi connectivity index (χ0) is 16.4. The van der Waals surface area contributed by atoms with Crippen LogP contribution in [0.2, 0.25) is 0 Å². The van der Waals surface area contributed by atoms with Crippen LogP contribution in [0.1, 0.15) is 16.7 Å². The highest BCUT2D eigenvalue weighted by molar-refractivity contribution is 6.17. The lowest BCUT2D eigenvalue weighted by molar-refractivity contribution is 0.627. The molecule has 0 aliphatic carbocycles. The monoisotopic (exact) mass is 317 g/mol. The summed E-state index contributed by atoms with van der Waals surface area (Å²) in [6, 6.07) is 11.8. The zero-order valence-electron chi connectivity index (χ0n) is 12.5. The summed E-state index contributed by atoms with van der Waals surface area (Å²) >= 11 is 0. The smallest absolute Gasteiger partial charge is 0.154 e. The van der Waals surface area contributed by atoms with Gasteiger partial charge in [0.1, 0.15) is 11.5 Å². The van der Waals surface area contributed by atoms with E-state index in [0.717, 1.165) is 11.1 Å². The Bertz CT molecular complexity index is 936. The molecule has 0 amide bonds. The third-order valence-corrected chi connectivity index (χ3v) is 3.61. The second-order valence-electron chi connectivity index (χ2n) is 5.17. The molecule has 0 fully saturated rings. The summed E-state index contributed by atoms with van der Waals surface area (Å²) in [5, 5.41) is 4.44. The fourth-order valence-electron chi connectivity index (χ4n) is 2.47. The van der Waals surface area contributed by atoms with Crippen LogP contribution in [-0.4, -0.2) is 21.5 Å². The number of hydrogen-bond donors (Lipinski definition) is 1. The number of hydrazone groups is 1. The van der Waals surface area contributed by atoms with E-state index in [-0.39, 0.29) is 5.82 Å². The molecule has 0 saturated heterocycles. The van der Waals surface area contributed by atoms with Gasteiger partial charge in [-0.15, -0.1) is 0 Å². The molecule has 0 bridgehead atoms. The molecule has 116 valence electrons. The molecule has 0 atom stereocenters. The Morgan fingerprint density at radius 1 is 0.875 bits per heavy atom. The first-order valence-electron chi connectivity index (χ1n) is 7.34. The third kappa shape index (κ3) is 2.65. The minimum Gasteiger partial charge on any atom is -0.265 e. The van der Waals surface area contributed by atoms with E-state index in [4.69, 9.17) is 0 Å². The van der Waals surface area contributed by atoms with Crippen molar-refractivity contribution in [2.24, 2.45) is 10.1 Å². The van der Waals surface area contributed by atoms with Gasteiger partial charge in [0.05, 0.1) is 5.69 Å². The maximum Gasteiger partial charge on any atom is 0.154 e. The van der Waals surface area contributed by atoms with Crippen LogP contribution in [0, 0.1) is 5.82 Å². The van der Waals surface area contributed by atoms with Crippen LogP contribution < -0.4 is 5.43 Å². The Kier molecular flexibility index (Phi) is 3.55. The first kappa shape index (κ1) is 14.2. The normalized spacial score (nSPS) is 13.2. The van der Waals surface area contributed by atoms with Crippen LogP contribution in [0.4, 0.5) is 10.1 Å². The summed E-state index contributed by atoms with van der Waals surface area (Å²) in [7, 11) is 0. The summed E-state index contributed by atoms with van der Waals surface area (Å²) in [4.78, 5) is 12.7. The van der Waals surface area contributed by atoms with E-state index in [1.165, 1.54) is 12.1 Å². The maximum atomic E-state index is 13.8. The number of benzene rings is 1. The van der Waals surface area contributed by atoms with Crippen molar-refractivity contribution in [3.05, 3.63) is 89.8 Å². The van der Waals surface area contributed by atoms with Crippen molar-refractivity contribution in [2.45, 2.75) is 0 Å². The number of aliphatic imine (C=N–C) groups is 1. The van der Waals surface area contributed by atoms with E-state index in [1.54, 1.807) is 30.9 Å². The van der Waals surface area contributed by atoms with Crippen molar-refractivity contribution in [1.82, 2.24) is 15.4 Å². The number of nitrogens with zero attached hydrogens (tertiary/aromatic N) is 4. The van der Waals surface area contributed by atoms with Gasteiger partial charge in [-0.3, -0.25) is 15.4 Å². The summed E-state index contributed by atoms with van der Waals surface area (Å²) in [6.07, 6.45) is 6.73. The predicted octanol–water partition coefficient (Wildman–Crippen LogP) is 3.05. The molecule has 0 spiro atoms. The van der Waals surface area contributed by atoms with Gasteiger partial charge in [0.25, 0.3) is 0 Å². The SMILES string of the molecule is Fc1ccc2c(c1)C(c1cccnc1)=NNC(c1ccncc1)=N2. The van der Waals surface area contributed by atoms with Crippen molar-refractivity contribution >= 4 is 17.2 Å². The number of fused-ring (bicyclic) bond motifs is 1. The van der Waals surface area contributed by atoms with Gasteiger partial charge in [0.15, 0.2) is 5.84 Å². The van der Waals surface area contributed by atoms with Gasteiger partial charge in [-0.1, -0.05) is 0 Å². The van der Waals surface area contributed by atoms with E-state index in [1.807, 2.05) is 24.3 Å². The van der Waals surface area contributed by atoms with Gasteiger partial charge in [-0.05, 0) is 42.5 Å². The zero-order valence-corrected chi connectivity index (χ0v) is 12.5. The topological polar surface area (TPSA) is 62.5 Å². The summed E-state index contributed by atoms with van der Waals surface area (Å²) in [6.45, 7) is 0. The average molecular weight is 317 g/mol. The molecule has 5 nitrogen and oxygen atoms in total. The van der Waals surface area contributed by atoms with E-state index >= 15 is 0 Å². The molecule has 0 saturated carbocycles.